The van der Waals surface area contributed by atoms with Gasteiger partial charge in [0.1, 0.15) is 17.0 Å². The smallest absolute Gasteiger partial charge is 0.228 e. The van der Waals surface area contributed by atoms with Crippen molar-refractivity contribution in [2.75, 3.05) is 31.2 Å². The topological polar surface area (TPSA) is 102 Å². The lowest BCUT2D eigenvalue weighted by atomic mass is 10.1. The summed E-state index contributed by atoms with van der Waals surface area (Å²) in [6, 6.07) is 5.13. The SMILES string of the molecule is Cc1nc2nc(N3CCOCC3)nc(-c3ccc(Cl)cc3F)c2nc1C.N/C=C\C=NC1CC1. The number of morpholine rings is 1. The molecule has 1 aliphatic carbocycles. The van der Waals surface area contributed by atoms with E-state index in [2.05, 4.69) is 24.9 Å². The summed E-state index contributed by atoms with van der Waals surface area (Å²) in [7, 11) is 0. The molecule has 2 fully saturated rings. The van der Waals surface area contributed by atoms with Crippen LogP contribution < -0.4 is 10.6 Å². The number of halogens is 2. The Bertz CT molecular complexity index is 1220. The first-order valence-corrected chi connectivity index (χ1v) is 11.5. The lowest BCUT2D eigenvalue weighted by Gasteiger charge is -2.27. The highest BCUT2D eigenvalue weighted by molar-refractivity contribution is 6.30. The summed E-state index contributed by atoms with van der Waals surface area (Å²) in [6.45, 7) is 6.29. The van der Waals surface area contributed by atoms with Gasteiger partial charge < -0.3 is 15.4 Å². The van der Waals surface area contributed by atoms with Gasteiger partial charge in [0.25, 0.3) is 0 Å². The Morgan fingerprint density at radius 3 is 2.53 bits per heavy atom. The van der Waals surface area contributed by atoms with Gasteiger partial charge in [-0.3, -0.25) is 4.99 Å². The molecule has 0 radical (unpaired) electrons. The van der Waals surface area contributed by atoms with Crippen molar-refractivity contribution in [1.82, 2.24) is 19.9 Å². The maximum absolute atomic E-state index is 14.6. The Morgan fingerprint density at radius 1 is 1.12 bits per heavy atom. The standard InChI is InChI=1S/C18H17ClFN5O.C6H10N2/c1-10-11(2)22-17-16(21-10)15(13-4-3-12(19)9-14(13)20)23-18(24-17)25-5-7-26-8-6-25;7-4-1-5-8-6-2-3-6/h3-4,9H,5-8H2,1-2H3;1,4-6H,2-3,7H2/b;4-1-,8-5?. The van der Waals surface area contributed by atoms with E-state index >= 15 is 0 Å². The largest absolute Gasteiger partial charge is 0.405 e. The van der Waals surface area contributed by atoms with Gasteiger partial charge in [-0.05, 0) is 57.2 Å². The summed E-state index contributed by atoms with van der Waals surface area (Å²) in [5.74, 6) is 0.0492. The van der Waals surface area contributed by atoms with E-state index in [1.807, 2.05) is 18.7 Å². The molecular formula is C24H27ClFN7O. The van der Waals surface area contributed by atoms with E-state index < -0.39 is 5.82 Å². The van der Waals surface area contributed by atoms with Gasteiger partial charge in [0.15, 0.2) is 5.65 Å². The molecule has 0 atom stereocenters. The minimum Gasteiger partial charge on any atom is -0.405 e. The number of hydrogen-bond acceptors (Lipinski definition) is 8. The summed E-state index contributed by atoms with van der Waals surface area (Å²) >= 11 is 5.90. The van der Waals surface area contributed by atoms with Crippen LogP contribution >= 0.6 is 11.6 Å². The quantitative estimate of drug-likeness (QED) is 0.559. The number of aryl methyl sites for hydroxylation is 2. The maximum Gasteiger partial charge on any atom is 0.228 e. The third kappa shape index (κ3) is 5.84. The van der Waals surface area contributed by atoms with Gasteiger partial charge in [0.05, 0.1) is 30.6 Å². The van der Waals surface area contributed by atoms with Gasteiger partial charge in [-0.25, -0.2) is 19.3 Å². The summed E-state index contributed by atoms with van der Waals surface area (Å²) in [6.07, 6.45) is 7.52. The zero-order valence-electron chi connectivity index (χ0n) is 19.2. The van der Waals surface area contributed by atoms with E-state index in [0.29, 0.717) is 65.7 Å². The summed E-state index contributed by atoms with van der Waals surface area (Å²) in [5.41, 5.74) is 8.28. The predicted molar refractivity (Wildman–Crippen MR) is 133 cm³/mol. The number of benzene rings is 1. The third-order valence-electron chi connectivity index (χ3n) is 5.45. The van der Waals surface area contributed by atoms with Crippen LogP contribution in [0.4, 0.5) is 10.3 Å². The molecule has 3 heterocycles. The van der Waals surface area contributed by atoms with Gasteiger partial charge in [0, 0.05) is 29.9 Å². The zero-order chi connectivity index (χ0) is 24.1. The van der Waals surface area contributed by atoms with Gasteiger partial charge in [-0.2, -0.15) is 4.98 Å². The van der Waals surface area contributed by atoms with E-state index in [0.717, 1.165) is 11.4 Å². The highest BCUT2D eigenvalue weighted by atomic mass is 35.5. The Labute approximate surface area is 202 Å². The van der Waals surface area contributed by atoms with Crippen LogP contribution in [0.15, 0.2) is 35.5 Å². The first-order valence-electron chi connectivity index (χ1n) is 11.2. The minimum atomic E-state index is -0.453. The second kappa shape index (κ2) is 10.8. The fourth-order valence-corrected chi connectivity index (χ4v) is 3.48. The van der Waals surface area contributed by atoms with E-state index in [9.17, 15) is 4.39 Å². The molecule has 1 saturated carbocycles. The molecule has 0 spiro atoms. The number of fused-ring (bicyclic) bond motifs is 1. The molecule has 3 aromatic rings. The van der Waals surface area contributed by atoms with E-state index in [-0.39, 0.29) is 0 Å². The molecule has 1 aromatic carbocycles. The number of aliphatic imine (C=N–C) groups is 1. The second-order valence-electron chi connectivity index (χ2n) is 8.08. The molecule has 8 nitrogen and oxygen atoms in total. The maximum atomic E-state index is 14.6. The van der Waals surface area contributed by atoms with E-state index in [1.165, 1.54) is 25.1 Å². The first-order chi connectivity index (χ1) is 16.5. The van der Waals surface area contributed by atoms with Crippen molar-refractivity contribution in [1.29, 1.82) is 0 Å². The molecule has 0 unspecified atom stereocenters. The van der Waals surface area contributed by atoms with Crippen LogP contribution in [0.5, 0.6) is 0 Å². The van der Waals surface area contributed by atoms with Crippen molar-refractivity contribution in [3.63, 3.8) is 0 Å². The van der Waals surface area contributed by atoms with Gasteiger partial charge in [-0.15, -0.1) is 0 Å². The van der Waals surface area contributed by atoms with Crippen LogP contribution in [0.1, 0.15) is 24.2 Å². The Balaban J connectivity index is 0.000000291. The molecule has 2 aliphatic rings. The number of rotatable bonds is 4. The van der Waals surface area contributed by atoms with Crippen molar-refractivity contribution in [3.8, 4) is 11.3 Å². The number of aromatic nitrogens is 4. The summed E-state index contributed by atoms with van der Waals surface area (Å²) in [4.78, 5) is 24.5. The van der Waals surface area contributed by atoms with Crippen LogP contribution in [0.25, 0.3) is 22.4 Å². The minimum absolute atomic E-state index is 0.328. The molecule has 1 saturated heterocycles. The van der Waals surface area contributed by atoms with Crippen LogP contribution in [0.2, 0.25) is 5.02 Å². The number of ether oxygens (including phenoxy) is 1. The molecule has 2 N–H and O–H groups in total. The number of anilines is 1. The lowest BCUT2D eigenvalue weighted by Crippen LogP contribution is -2.37. The summed E-state index contributed by atoms with van der Waals surface area (Å²) < 4.78 is 20.0. The average Bonchev–Trinajstić information content (AvgIpc) is 3.65. The monoisotopic (exact) mass is 483 g/mol. The number of nitrogens with zero attached hydrogens (tertiary/aromatic N) is 6. The molecule has 0 amide bonds. The van der Waals surface area contributed by atoms with Gasteiger partial charge in [-0.1, -0.05) is 11.6 Å². The fourth-order valence-electron chi connectivity index (χ4n) is 3.32. The Kier molecular flexibility index (Phi) is 7.64. The van der Waals surface area contributed by atoms with Gasteiger partial charge in [0.2, 0.25) is 5.95 Å². The Hall–Kier alpha value is -3.17. The second-order valence-corrected chi connectivity index (χ2v) is 8.51. The predicted octanol–water partition coefficient (Wildman–Crippen LogP) is 4.02. The third-order valence-corrected chi connectivity index (χ3v) is 5.69. The van der Waals surface area contributed by atoms with Crippen molar-refractivity contribution < 1.29 is 9.13 Å². The van der Waals surface area contributed by atoms with Crippen LogP contribution in [-0.4, -0.2) is 58.5 Å². The molecule has 1 aliphatic heterocycles. The van der Waals surface area contributed by atoms with Crippen LogP contribution in [0.3, 0.4) is 0 Å². The first kappa shape index (κ1) is 24.0. The van der Waals surface area contributed by atoms with Crippen molar-refractivity contribution in [3.05, 3.63) is 52.7 Å². The van der Waals surface area contributed by atoms with E-state index in [1.54, 1.807) is 24.4 Å². The highest BCUT2D eigenvalue weighted by Gasteiger charge is 2.21. The molecule has 178 valence electrons. The number of nitrogens with two attached hydrogens (primary N) is 1. The normalized spacial score (nSPS) is 16.3. The zero-order valence-corrected chi connectivity index (χ0v) is 20.0. The van der Waals surface area contributed by atoms with Gasteiger partial charge >= 0.3 is 0 Å². The molecule has 0 bridgehead atoms. The molecule has 10 heteroatoms. The Morgan fingerprint density at radius 2 is 1.85 bits per heavy atom. The number of hydrogen-bond donors (Lipinski definition) is 1. The van der Waals surface area contributed by atoms with Crippen molar-refractivity contribution >= 4 is 34.9 Å². The summed E-state index contributed by atoms with van der Waals surface area (Å²) in [5, 5.41) is 0.330. The average molecular weight is 484 g/mol. The number of allylic oxidation sites excluding steroid dienone is 1. The van der Waals surface area contributed by atoms with Crippen molar-refractivity contribution in [2.24, 2.45) is 10.7 Å². The molecular weight excluding hydrogens is 457 g/mol. The molecule has 34 heavy (non-hydrogen) atoms. The van der Waals surface area contributed by atoms with E-state index in [4.69, 9.17) is 22.1 Å². The lowest BCUT2D eigenvalue weighted by molar-refractivity contribution is 0.122. The van der Waals surface area contributed by atoms with Crippen LogP contribution in [0, 0.1) is 19.7 Å². The van der Waals surface area contributed by atoms with Crippen LogP contribution in [-0.2, 0) is 4.74 Å². The molecule has 2 aromatic heterocycles. The van der Waals surface area contributed by atoms with Crippen molar-refractivity contribution in [2.45, 2.75) is 32.7 Å². The highest BCUT2D eigenvalue weighted by Crippen LogP contribution is 2.30. The fraction of sp³-hybridized carbons (Fsp3) is 0.375. The molecule has 5 rings (SSSR count).